The van der Waals surface area contributed by atoms with Crippen molar-refractivity contribution in [3.8, 4) is 5.75 Å². The van der Waals surface area contributed by atoms with Gasteiger partial charge in [0, 0.05) is 17.2 Å². The van der Waals surface area contributed by atoms with E-state index in [0.29, 0.717) is 12.4 Å². The standard InChI is InChI=1S/C15H16INO2/c16-9-5-11-17-10-4-8-14(15(17)18)19-12-13-6-2-1-3-7-13/h1-4,6-8,10H,5,9,11-12H2. The highest BCUT2D eigenvalue weighted by molar-refractivity contribution is 14.1. The summed E-state index contributed by atoms with van der Waals surface area (Å²) in [7, 11) is 0. The summed E-state index contributed by atoms with van der Waals surface area (Å²) in [5.74, 6) is 0.416. The van der Waals surface area contributed by atoms with Gasteiger partial charge in [-0.05, 0) is 24.1 Å². The van der Waals surface area contributed by atoms with Crippen molar-refractivity contribution in [3.63, 3.8) is 0 Å². The van der Waals surface area contributed by atoms with Crippen LogP contribution in [0.25, 0.3) is 0 Å². The van der Waals surface area contributed by atoms with Crippen LogP contribution in [0, 0.1) is 0 Å². The third kappa shape index (κ3) is 4.09. The molecule has 0 fully saturated rings. The Morgan fingerprint density at radius 1 is 1.11 bits per heavy atom. The van der Waals surface area contributed by atoms with Gasteiger partial charge < -0.3 is 9.30 Å². The molecule has 2 rings (SSSR count). The molecule has 19 heavy (non-hydrogen) atoms. The lowest BCUT2D eigenvalue weighted by molar-refractivity contribution is 0.299. The Balaban J connectivity index is 2.06. The summed E-state index contributed by atoms with van der Waals surface area (Å²) < 4.78 is 8.36. The molecule has 0 spiro atoms. The van der Waals surface area contributed by atoms with Gasteiger partial charge >= 0.3 is 0 Å². The van der Waals surface area contributed by atoms with Crippen molar-refractivity contribution in [2.75, 3.05) is 4.43 Å². The van der Waals surface area contributed by atoms with Gasteiger partial charge in [-0.25, -0.2) is 0 Å². The summed E-state index contributed by atoms with van der Waals surface area (Å²) in [5, 5.41) is 0. The first kappa shape index (κ1) is 14.1. The number of halogens is 1. The van der Waals surface area contributed by atoms with E-state index in [1.165, 1.54) is 0 Å². The molecule has 0 aliphatic rings. The quantitative estimate of drug-likeness (QED) is 0.578. The van der Waals surface area contributed by atoms with Crippen molar-refractivity contribution in [3.05, 3.63) is 64.6 Å². The lowest BCUT2D eigenvalue weighted by Crippen LogP contribution is -2.21. The van der Waals surface area contributed by atoms with Crippen molar-refractivity contribution in [2.24, 2.45) is 0 Å². The molecule has 3 nitrogen and oxygen atoms in total. The third-order valence-corrected chi connectivity index (χ3v) is 3.52. The number of aryl methyl sites for hydroxylation is 1. The van der Waals surface area contributed by atoms with Crippen LogP contribution in [-0.4, -0.2) is 8.99 Å². The molecule has 0 bridgehead atoms. The normalized spacial score (nSPS) is 10.4. The third-order valence-electron chi connectivity index (χ3n) is 2.76. The molecular formula is C15H16INO2. The molecule has 100 valence electrons. The van der Waals surface area contributed by atoms with E-state index in [1.807, 2.05) is 42.6 Å². The predicted octanol–water partition coefficient (Wildman–Crippen LogP) is 3.25. The smallest absolute Gasteiger partial charge is 0.292 e. The van der Waals surface area contributed by atoms with Gasteiger partial charge in [-0.2, -0.15) is 0 Å². The highest BCUT2D eigenvalue weighted by Crippen LogP contribution is 2.07. The fourth-order valence-corrected chi connectivity index (χ4v) is 2.11. The lowest BCUT2D eigenvalue weighted by atomic mass is 10.2. The molecular weight excluding hydrogens is 353 g/mol. The molecule has 0 aliphatic carbocycles. The van der Waals surface area contributed by atoms with Crippen LogP contribution in [0.1, 0.15) is 12.0 Å². The molecule has 0 atom stereocenters. The number of alkyl halides is 1. The van der Waals surface area contributed by atoms with Crippen LogP contribution in [0.15, 0.2) is 53.5 Å². The Kier molecular flexibility index (Phi) is 5.44. The van der Waals surface area contributed by atoms with E-state index in [1.54, 1.807) is 10.6 Å². The van der Waals surface area contributed by atoms with Gasteiger partial charge in [-0.1, -0.05) is 52.9 Å². The highest BCUT2D eigenvalue weighted by Gasteiger charge is 2.04. The zero-order chi connectivity index (χ0) is 13.5. The number of hydrogen-bond acceptors (Lipinski definition) is 2. The lowest BCUT2D eigenvalue weighted by Gasteiger charge is -2.09. The molecule has 0 aliphatic heterocycles. The molecule has 0 saturated heterocycles. The van der Waals surface area contributed by atoms with E-state index in [0.717, 1.165) is 23.0 Å². The number of benzene rings is 1. The van der Waals surface area contributed by atoms with Crippen molar-refractivity contribution in [1.29, 1.82) is 0 Å². The first-order chi connectivity index (χ1) is 9.31. The number of ether oxygens (including phenoxy) is 1. The minimum absolute atomic E-state index is 0.0525. The molecule has 0 saturated carbocycles. The zero-order valence-corrected chi connectivity index (χ0v) is 12.7. The summed E-state index contributed by atoms with van der Waals surface area (Å²) in [6.45, 7) is 1.16. The van der Waals surface area contributed by atoms with Crippen molar-refractivity contribution < 1.29 is 4.74 Å². The predicted molar refractivity (Wildman–Crippen MR) is 85.0 cm³/mol. The second-order valence-electron chi connectivity index (χ2n) is 4.19. The summed E-state index contributed by atoms with van der Waals surface area (Å²) in [4.78, 5) is 12.1. The van der Waals surface area contributed by atoms with Crippen molar-refractivity contribution >= 4 is 22.6 Å². The average molecular weight is 369 g/mol. The minimum Gasteiger partial charge on any atom is -0.483 e. The summed E-state index contributed by atoms with van der Waals surface area (Å²) in [6.07, 6.45) is 2.80. The molecule has 4 heteroatoms. The Bertz CT molecular complexity index is 566. The van der Waals surface area contributed by atoms with Crippen molar-refractivity contribution in [1.82, 2.24) is 4.57 Å². The van der Waals surface area contributed by atoms with Crippen LogP contribution in [0.4, 0.5) is 0 Å². The molecule has 1 aromatic heterocycles. The SMILES string of the molecule is O=c1c(OCc2ccccc2)cccn1CCCI. The number of aromatic nitrogens is 1. The maximum atomic E-state index is 12.1. The van der Waals surface area contributed by atoms with E-state index >= 15 is 0 Å². The number of hydrogen-bond donors (Lipinski definition) is 0. The summed E-state index contributed by atoms with van der Waals surface area (Å²) >= 11 is 2.31. The topological polar surface area (TPSA) is 31.2 Å². The van der Waals surface area contributed by atoms with E-state index in [9.17, 15) is 4.79 Å². The minimum atomic E-state index is -0.0525. The van der Waals surface area contributed by atoms with Gasteiger partial charge in [0.2, 0.25) is 0 Å². The molecule has 0 N–H and O–H groups in total. The molecule has 1 heterocycles. The zero-order valence-electron chi connectivity index (χ0n) is 10.6. The largest absolute Gasteiger partial charge is 0.483 e. The van der Waals surface area contributed by atoms with Crippen molar-refractivity contribution in [2.45, 2.75) is 19.6 Å². The van der Waals surface area contributed by atoms with Crippen LogP contribution >= 0.6 is 22.6 Å². The van der Waals surface area contributed by atoms with E-state index in [4.69, 9.17) is 4.74 Å². The van der Waals surface area contributed by atoms with Gasteiger partial charge in [-0.3, -0.25) is 4.79 Å². The number of pyridine rings is 1. The fourth-order valence-electron chi connectivity index (χ4n) is 1.77. The van der Waals surface area contributed by atoms with E-state index in [-0.39, 0.29) is 5.56 Å². The van der Waals surface area contributed by atoms with Crippen LogP contribution in [-0.2, 0) is 13.2 Å². The molecule has 0 amide bonds. The molecule has 0 radical (unpaired) electrons. The maximum absolute atomic E-state index is 12.1. The van der Waals surface area contributed by atoms with Crippen LogP contribution in [0.5, 0.6) is 5.75 Å². The van der Waals surface area contributed by atoms with Crippen LogP contribution in [0.3, 0.4) is 0 Å². The monoisotopic (exact) mass is 369 g/mol. The second kappa shape index (κ2) is 7.33. The van der Waals surface area contributed by atoms with Gasteiger partial charge in [-0.15, -0.1) is 0 Å². The van der Waals surface area contributed by atoms with Gasteiger partial charge in [0.25, 0.3) is 5.56 Å². The Hall–Kier alpha value is -1.30. The Labute approximate surface area is 126 Å². The molecule has 2 aromatic rings. The van der Waals surface area contributed by atoms with Crippen LogP contribution in [0.2, 0.25) is 0 Å². The summed E-state index contributed by atoms with van der Waals surface area (Å²) in [5.41, 5.74) is 1.01. The summed E-state index contributed by atoms with van der Waals surface area (Å²) in [6, 6.07) is 13.4. The van der Waals surface area contributed by atoms with Gasteiger partial charge in [0.05, 0.1) is 0 Å². The highest BCUT2D eigenvalue weighted by atomic mass is 127. The maximum Gasteiger partial charge on any atom is 0.292 e. The average Bonchev–Trinajstić information content (AvgIpc) is 2.46. The fraction of sp³-hybridized carbons (Fsp3) is 0.267. The molecule has 0 unspecified atom stereocenters. The van der Waals surface area contributed by atoms with E-state index in [2.05, 4.69) is 22.6 Å². The number of rotatable bonds is 6. The van der Waals surface area contributed by atoms with Gasteiger partial charge in [0.15, 0.2) is 5.75 Å². The first-order valence-corrected chi connectivity index (χ1v) is 7.76. The first-order valence-electron chi connectivity index (χ1n) is 6.23. The number of nitrogens with zero attached hydrogens (tertiary/aromatic N) is 1. The Morgan fingerprint density at radius 2 is 1.89 bits per heavy atom. The van der Waals surface area contributed by atoms with E-state index < -0.39 is 0 Å². The second-order valence-corrected chi connectivity index (χ2v) is 5.27. The molecule has 1 aromatic carbocycles. The Morgan fingerprint density at radius 3 is 2.63 bits per heavy atom. The van der Waals surface area contributed by atoms with Gasteiger partial charge in [0.1, 0.15) is 6.61 Å². The van der Waals surface area contributed by atoms with Crippen LogP contribution < -0.4 is 10.3 Å².